The molecule has 4 nitrogen and oxygen atoms in total. The first kappa shape index (κ1) is 15.4. The van der Waals surface area contributed by atoms with E-state index in [0.717, 1.165) is 37.8 Å². The van der Waals surface area contributed by atoms with Crippen molar-refractivity contribution in [2.45, 2.75) is 58.0 Å². The molecule has 1 aliphatic rings. The van der Waals surface area contributed by atoms with Crippen LogP contribution in [0.5, 0.6) is 0 Å². The summed E-state index contributed by atoms with van der Waals surface area (Å²) in [6.07, 6.45) is 9.77. The van der Waals surface area contributed by atoms with Crippen molar-refractivity contribution in [3.05, 3.63) is 24.3 Å². The van der Waals surface area contributed by atoms with Crippen LogP contribution in [0.15, 0.2) is 18.5 Å². The Morgan fingerprint density at radius 1 is 1.30 bits per heavy atom. The first-order chi connectivity index (χ1) is 9.70. The third-order valence-corrected chi connectivity index (χ3v) is 4.70. The summed E-state index contributed by atoms with van der Waals surface area (Å²) in [7, 11) is 0. The van der Waals surface area contributed by atoms with E-state index in [4.69, 9.17) is 5.73 Å². The Kier molecular flexibility index (Phi) is 5.49. The molecule has 0 bridgehead atoms. The minimum Gasteiger partial charge on any atom is -0.329 e. The minimum atomic E-state index is 0.154. The van der Waals surface area contributed by atoms with E-state index in [1.54, 1.807) is 0 Å². The summed E-state index contributed by atoms with van der Waals surface area (Å²) in [6.45, 7) is 7.22. The summed E-state index contributed by atoms with van der Waals surface area (Å²) >= 11 is 0. The van der Waals surface area contributed by atoms with Crippen LogP contribution in [0.2, 0.25) is 0 Å². The van der Waals surface area contributed by atoms with Gasteiger partial charge in [0.2, 0.25) is 0 Å². The van der Waals surface area contributed by atoms with Gasteiger partial charge in [-0.1, -0.05) is 13.8 Å². The lowest BCUT2D eigenvalue weighted by molar-refractivity contribution is 0.0356. The van der Waals surface area contributed by atoms with Gasteiger partial charge in [0, 0.05) is 24.5 Å². The van der Waals surface area contributed by atoms with Crippen molar-refractivity contribution in [3.63, 3.8) is 0 Å². The van der Waals surface area contributed by atoms with Gasteiger partial charge in [-0.2, -0.15) is 0 Å². The van der Waals surface area contributed by atoms with Gasteiger partial charge in [0.15, 0.2) is 0 Å². The van der Waals surface area contributed by atoms with Gasteiger partial charge < -0.3 is 5.73 Å². The Balaban J connectivity index is 2.13. The zero-order valence-corrected chi connectivity index (χ0v) is 12.9. The molecule has 1 aromatic heterocycles. The fourth-order valence-electron chi connectivity index (χ4n) is 3.29. The molecule has 2 N–H and O–H groups in total. The van der Waals surface area contributed by atoms with Crippen LogP contribution in [-0.2, 0) is 6.54 Å². The Bertz CT molecular complexity index is 385. The van der Waals surface area contributed by atoms with Gasteiger partial charge in [-0.05, 0) is 50.6 Å². The van der Waals surface area contributed by atoms with Gasteiger partial charge in [-0.25, -0.2) is 9.97 Å². The molecular formula is C16H28N4. The minimum absolute atomic E-state index is 0.154. The lowest BCUT2D eigenvalue weighted by Crippen LogP contribution is -2.55. The molecule has 1 aliphatic carbocycles. The number of hydrogen-bond donors (Lipinski definition) is 1. The van der Waals surface area contributed by atoms with E-state index in [1.807, 2.05) is 18.5 Å². The first-order valence-electron chi connectivity index (χ1n) is 7.91. The predicted octanol–water partition coefficient (Wildman–Crippen LogP) is 2.60. The van der Waals surface area contributed by atoms with Crippen LogP contribution >= 0.6 is 0 Å². The molecule has 20 heavy (non-hydrogen) atoms. The van der Waals surface area contributed by atoms with E-state index in [-0.39, 0.29) is 5.54 Å². The smallest absolute Gasteiger partial charge is 0.142 e. The van der Waals surface area contributed by atoms with Crippen LogP contribution in [0.25, 0.3) is 0 Å². The first-order valence-corrected chi connectivity index (χ1v) is 7.91. The Morgan fingerprint density at radius 2 is 1.95 bits per heavy atom. The fourth-order valence-corrected chi connectivity index (χ4v) is 3.29. The molecule has 0 spiro atoms. The molecule has 1 fully saturated rings. The number of nitrogens with zero attached hydrogens (tertiary/aromatic N) is 3. The molecule has 2 rings (SSSR count). The van der Waals surface area contributed by atoms with E-state index in [9.17, 15) is 0 Å². The fraction of sp³-hybridized carbons (Fsp3) is 0.750. The normalized spacial score (nSPS) is 26.9. The van der Waals surface area contributed by atoms with Crippen molar-refractivity contribution in [1.29, 1.82) is 0 Å². The molecule has 0 amide bonds. The van der Waals surface area contributed by atoms with Crippen molar-refractivity contribution in [2.75, 3.05) is 13.1 Å². The Labute approximate surface area is 122 Å². The van der Waals surface area contributed by atoms with Crippen molar-refractivity contribution < 1.29 is 0 Å². The van der Waals surface area contributed by atoms with E-state index in [1.165, 1.54) is 25.7 Å². The van der Waals surface area contributed by atoms with Gasteiger partial charge in [0.1, 0.15) is 5.82 Å². The van der Waals surface area contributed by atoms with Gasteiger partial charge in [-0.3, -0.25) is 4.90 Å². The van der Waals surface area contributed by atoms with Crippen LogP contribution in [0.4, 0.5) is 0 Å². The highest BCUT2D eigenvalue weighted by molar-refractivity contribution is 4.98. The Hall–Kier alpha value is -1.00. The van der Waals surface area contributed by atoms with Crippen LogP contribution in [0.1, 0.15) is 51.8 Å². The van der Waals surface area contributed by atoms with Gasteiger partial charge in [-0.15, -0.1) is 0 Å². The molecule has 0 atom stereocenters. The highest BCUT2D eigenvalue weighted by atomic mass is 15.2. The molecule has 0 aromatic carbocycles. The quantitative estimate of drug-likeness (QED) is 0.867. The van der Waals surface area contributed by atoms with Gasteiger partial charge in [0.05, 0.1) is 6.54 Å². The monoisotopic (exact) mass is 276 g/mol. The summed E-state index contributed by atoms with van der Waals surface area (Å²) in [6, 6.07) is 1.87. The molecule has 4 heteroatoms. The van der Waals surface area contributed by atoms with Crippen LogP contribution < -0.4 is 5.73 Å². The average molecular weight is 276 g/mol. The molecule has 0 unspecified atom stereocenters. The Morgan fingerprint density at radius 3 is 2.50 bits per heavy atom. The summed E-state index contributed by atoms with van der Waals surface area (Å²) in [4.78, 5) is 11.3. The van der Waals surface area contributed by atoms with E-state index in [2.05, 4.69) is 28.7 Å². The van der Waals surface area contributed by atoms with E-state index in [0.29, 0.717) is 0 Å². The van der Waals surface area contributed by atoms with Gasteiger partial charge in [0.25, 0.3) is 0 Å². The summed E-state index contributed by atoms with van der Waals surface area (Å²) in [5.74, 6) is 1.75. The standard InChI is InChI=1S/C16H28N4/c1-3-11-20(12-15-18-9-4-10-19-15)16(13-17)7-5-14(2)6-8-16/h4,9-10,14H,3,5-8,11-13,17H2,1-2H3. The van der Waals surface area contributed by atoms with Crippen molar-refractivity contribution in [1.82, 2.24) is 14.9 Å². The zero-order chi connectivity index (χ0) is 14.4. The number of nitrogens with two attached hydrogens (primary N) is 1. The van der Waals surface area contributed by atoms with E-state index < -0.39 is 0 Å². The van der Waals surface area contributed by atoms with Crippen LogP contribution in [0.3, 0.4) is 0 Å². The summed E-state index contributed by atoms with van der Waals surface area (Å²) < 4.78 is 0. The molecule has 1 heterocycles. The molecule has 0 aliphatic heterocycles. The third-order valence-electron chi connectivity index (χ3n) is 4.70. The molecule has 0 radical (unpaired) electrons. The molecular weight excluding hydrogens is 248 g/mol. The maximum absolute atomic E-state index is 6.19. The largest absolute Gasteiger partial charge is 0.329 e. The maximum atomic E-state index is 6.19. The van der Waals surface area contributed by atoms with E-state index >= 15 is 0 Å². The second kappa shape index (κ2) is 7.14. The van der Waals surface area contributed by atoms with Crippen molar-refractivity contribution >= 4 is 0 Å². The second-order valence-electron chi connectivity index (χ2n) is 6.20. The summed E-state index contributed by atoms with van der Waals surface area (Å²) in [5, 5.41) is 0. The van der Waals surface area contributed by atoms with Crippen LogP contribution in [-0.4, -0.2) is 33.5 Å². The summed E-state index contributed by atoms with van der Waals surface area (Å²) in [5.41, 5.74) is 6.34. The molecule has 0 saturated heterocycles. The zero-order valence-electron chi connectivity index (χ0n) is 12.9. The predicted molar refractivity (Wildman–Crippen MR) is 82.2 cm³/mol. The molecule has 1 aromatic rings. The highest BCUT2D eigenvalue weighted by Gasteiger charge is 2.38. The van der Waals surface area contributed by atoms with Crippen molar-refractivity contribution in [3.8, 4) is 0 Å². The SMILES string of the molecule is CCCN(Cc1ncccn1)C1(CN)CCC(C)CC1. The molecule has 112 valence electrons. The lowest BCUT2D eigenvalue weighted by Gasteiger charge is -2.47. The maximum Gasteiger partial charge on any atom is 0.142 e. The topological polar surface area (TPSA) is 55.0 Å². The molecule has 1 saturated carbocycles. The number of aromatic nitrogens is 2. The van der Waals surface area contributed by atoms with Crippen molar-refractivity contribution in [2.24, 2.45) is 11.7 Å². The number of hydrogen-bond acceptors (Lipinski definition) is 4. The lowest BCUT2D eigenvalue weighted by atomic mass is 9.76. The third kappa shape index (κ3) is 3.55. The number of rotatable bonds is 6. The van der Waals surface area contributed by atoms with Crippen LogP contribution in [0, 0.1) is 5.92 Å². The highest BCUT2D eigenvalue weighted by Crippen LogP contribution is 2.36. The second-order valence-corrected chi connectivity index (χ2v) is 6.20. The average Bonchev–Trinajstić information content (AvgIpc) is 2.49. The van der Waals surface area contributed by atoms with Gasteiger partial charge >= 0.3 is 0 Å².